The second kappa shape index (κ2) is 5.63. The van der Waals surface area contributed by atoms with Crippen molar-refractivity contribution >= 4 is 23.2 Å². The van der Waals surface area contributed by atoms with Crippen LogP contribution in [0, 0.1) is 0 Å². The first kappa shape index (κ1) is 14.5. The maximum Gasteiger partial charge on any atom is 0.258 e. The summed E-state index contributed by atoms with van der Waals surface area (Å²) in [5.74, 6) is -0.255. The van der Waals surface area contributed by atoms with Gasteiger partial charge in [0.15, 0.2) is 0 Å². The van der Waals surface area contributed by atoms with E-state index in [4.69, 9.17) is 11.6 Å². The van der Waals surface area contributed by atoms with E-state index in [1.165, 1.54) is 0 Å². The van der Waals surface area contributed by atoms with Gasteiger partial charge in [-0.1, -0.05) is 44.5 Å². The molecule has 0 aliphatic rings. The second-order valence-electron chi connectivity index (χ2n) is 5.63. The van der Waals surface area contributed by atoms with Gasteiger partial charge in [-0.3, -0.25) is 4.79 Å². The third-order valence-electron chi connectivity index (χ3n) is 2.99. The molecule has 2 aromatic rings. The maximum atomic E-state index is 12.2. The summed E-state index contributed by atoms with van der Waals surface area (Å²) in [6, 6.07) is 11.2. The van der Waals surface area contributed by atoms with Gasteiger partial charge in [0.05, 0.1) is 5.56 Å². The minimum atomic E-state index is -0.255. The summed E-state index contributed by atoms with van der Waals surface area (Å²) in [6.45, 7) is 6.39. The lowest BCUT2D eigenvalue weighted by atomic mass is 9.87. The van der Waals surface area contributed by atoms with Gasteiger partial charge in [0.25, 0.3) is 5.91 Å². The van der Waals surface area contributed by atoms with Crippen LogP contribution >= 0.6 is 11.6 Å². The molecule has 1 aromatic carbocycles. The number of pyridine rings is 1. The molecule has 104 valence electrons. The topological polar surface area (TPSA) is 42.0 Å². The van der Waals surface area contributed by atoms with Crippen molar-refractivity contribution in [1.29, 1.82) is 0 Å². The number of carbonyl (C=O) groups is 1. The molecule has 0 fully saturated rings. The number of carbonyl (C=O) groups excluding carboxylic acids is 1. The number of benzene rings is 1. The molecule has 0 saturated carbocycles. The fourth-order valence-electron chi connectivity index (χ4n) is 1.82. The van der Waals surface area contributed by atoms with Crippen LogP contribution in [0.2, 0.25) is 5.15 Å². The van der Waals surface area contributed by atoms with Gasteiger partial charge in [0, 0.05) is 11.9 Å². The summed E-state index contributed by atoms with van der Waals surface area (Å²) in [6.07, 6.45) is 1.55. The molecule has 20 heavy (non-hydrogen) atoms. The van der Waals surface area contributed by atoms with Crippen LogP contribution in [0.3, 0.4) is 0 Å². The van der Waals surface area contributed by atoms with Crippen LogP contribution in [-0.4, -0.2) is 10.9 Å². The molecule has 1 amide bonds. The number of anilines is 1. The number of hydrogen-bond donors (Lipinski definition) is 1. The number of rotatable bonds is 2. The molecule has 4 heteroatoms. The molecule has 0 atom stereocenters. The smallest absolute Gasteiger partial charge is 0.258 e. The molecular formula is C16H17ClN2O. The number of nitrogens with one attached hydrogen (secondary N) is 1. The molecule has 0 spiro atoms. The van der Waals surface area contributed by atoms with E-state index in [2.05, 4.69) is 31.1 Å². The lowest BCUT2D eigenvalue weighted by Crippen LogP contribution is -2.15. The summed E-state index contributed by atoms with van der Waals surface area (Å²) >= 11 is 5.92. The van der Waals surface area contributed by atoms with E-state index in [0.29, 0.717) is 5.56 Å². The summed E-state index contributed by atoms with van der Waals surface area (Å²) in [4.78, 5) is 16.1. The zero-order chi connectivity index (χ0) is 14.8. The highest BCUT2D eigenvalue weighted by Gasteiger charge is 2.15. The largest absolute Gasteiger partial charge is 0.322 e. The van der Waals surface area contributed by atoms with Gasteiger partial charge in [-0.2, -0.15) is 0 Å². The van der Waals surface area contributed by atoms with Crippen molar-refractivity contribution in [3.05, 3.63) is 58.9 Å². The zero-order valence-corrected chi connectivity index (χ0v) is 12.5. The van der Waals surface area contributed by atoms with Crippen molar-refractivity contribution in [2.75, 3.05) is 5.32 Å². The minimum Gasteiger partial charge on any atom is -0.322 e. The van der Waals surface area contributed by atoms with Gasteiger partial charge in [0.1, 0.15) is 5.15 Å². The molecule has 1 aromatic heterocycles. The van der Waals surface area contributed by atoms with Gasteiger partial charge >= 0.3 is 0 Å². The van der Waals surface area contributed by atoms with Gasteiger partial charge in [-0.15, -0.1) is 0 Å². The number of aromatic nitrogens is 1. The highest BCUT2D eigenvalue weighted by molar-refractivity contribution is 6.33. The van der Waals surface area contributed by atoms with Gasteiger partial charge in [0.2, 0.25) is 0 Å². The predicted molar refractivity (Wildman–Crippen MR) is 82.3 cm³/mol. The van der Waals surface area contributed by atoms with Gasteiger partial charge in [-0.05, 0) is 35.2 Å². The fourth-order valence-corrected chi connectivity index (χ4v) is 2.02. The quantitative estimate of drug-likeness (QED) is 0.838. The van der Waals surface area contributed by atoms with Crippen LogP contribution < -0.4 is 5.32 Å². The maximum absolute atomic E-state index is 12.2. The van der Waals surface area contributed by atoms with Crippen molar-refractivity contribution in [3.8, 4) is 0 Å². The Bertz CT molecular complexity index is 632. The van der Waals surface area contributed by atoms with E-state index in [-0.39, 0.29) is 16.5 Å². The van der Waals surface area contributed by atoms with Crippen molar-refractivity contribution in [2.45, 2.75) is 26.2 Å². The van der Waals surface area contributed by atoms with E-state index < -0.39 is 0 Å². The Morgan fingerprint density at radius 1 is 1.20 bits per heavy atom. The van der Waals surface area contributed by atoms with Crippen LogP contribution in [-0.2, 0) is 5.41 Å². The molecular weight excluding hydrogens is 272 g/mol. The molecule has 0 unspecified atom stereocenters. The molecule has 1 heterocycles. The molecule has 0 radical (unpaired) electrons. The Hall–Kier alpha value is -1.87. The Morgan fingerprint density at radius 3 is 2.60 bits per heavy atom. The Kier molecular flexibility index (Phi) is 4.09. The van der Waals surface area contributed by atoms with E-state index >= 15 is 0 Å². The van der Waals surface area contributed by atoms with E-state index in [9.17, 15) is 4.79 Å². The third-order valence-corrected chi connectivity index (χ3v) is 3.29. The fraction of sp³-hybridized carbons (Fsp3) is 0.250. The minimum absolute atomic E-state index is 0.0344. The number of amides is 1. The molecule has 3 nitrogen and oxygen atoms in total. The molecule has 0 aliphatic carbocycles. The van der Waals surface area contributed by atoms with Crippen LogP contribution in [0.4, 0.5) is 5.69 Å². The second-order valence-corrected chi connectivity index (χ2v) is 5.98. The number of halogens is 1. The molecule has 2 rings (SSSR count). The summed E-state index contributed by atoms with van der Waals surface area (Å²) in [5.41, 5.74) is 2.32. The van der Waals surface area contributed by atoms with Crippen molar-refractivity contribution in [3.63, 3.8) is 0 Å². The number of nitrogens with zero attached hydrogens (tertiary/aromatic N) is 1. The van der Waals surface area contributed by atoms with Crippen LogP contribution in [0.1, 0.15) is 36.7 Å². The van der Waals surface area contributed by atoms with E-state index in [0.717, 1.165) is 11.3 Å². The SMILES string of the molecule is CC(C)(C)c1cccc(NC(=O)c2cccnc2Cl)c1. The van der Waals surface area contributed by atoms with Gasteiger partial charge in [-0.25, -0.2) is 4.98 Å². The highest BCUT2D eigenvalue weighted by atomic mass is 35.5. The standard InChI is InChI=1S/C16H17ClN2O/c1-16(2,3)11-6-4-7-12(10-11)19-15(20)13-8-5-9-18-14(13)17/h4-10H,1-3H3,(H,19,20). The van der Waals surface area contributed by atoms with Crippen molar-refractivity contribution < 1.29 is 4.79 Å². The molecule has 1 N–H and O–H groups in total. The monoisotopic (exact) mass is 288 g/mol. The van der Waals surface area contributed by atoms with Crippen LogP contribution in [0.5, 0.6) is 0 Å². The summed E-state index contributed by atoms with van der Waals surface area (Å²) in [7, 11) is 0. The third kappa shape index (κ3) is 3.36. The van der Waals surface area contributed by atoms with Crippen LogP contribution in [0.15, 0.2) is 42.6 Å². The Morgan fingerprint density at radius 2 is 1.95 bits per heavy atom. The summed E-state index contributed by atoms with van der Waals surface area (Å²) < 4.78 is 0. The summed E-state index contributed by atoms with van der Waals surface area (Å²) in [5, 5.41) is 3.05. The Balaban J connectivity index is 2.23. The normalized spacial score (nSPS) is 11.2. The highest BCUT2D eigenvalue weighted by Crippen LogP contribution is 2.25. The molecule has 0 aliphatic heterocycles. The van der Waals surface area contributed by atoms with E-state index in [1.807, 2.05) is 24.3 Å². The first-order chi connectivity index (χ1) is 9.38. The lowest BCUT2D eigenvalue weighted by Gasteiger charge is -2.19. The average Bonchev–Trinajstić information content (AvgIpc) is 2.38. The van der Waals surface area contributed by atoms with Crippen molar-refractivity contribution in [1.82, 2.24) is 4.98 Å². The first-order valence-electron chi connectivity index (χ1n) is 6.40. The molecule has 0 saturated heterocycles. The van der Waals surface area contributed by atoms with Gasteiger partial charge < -0.3 is 5.32 Å². The first-order valence-corrected chi connectivity index (χ1v) is 6.78. The Labute approximate surface area is 124 Å². The average molecular weight is 289 g/mol. The zero-order valence-electron chi connectivity index (χ0n) is 11.8. The predicted octanol–water partition coefficient (Wildman–Crippen LogP) is 4.28. The molecule has 0 bridgehead atoms. The lowest BCUT2D eigenvalue weighted by molar-refractivity contribution is 0.102. The van der Waals surface area contributed by atoms with Crippen molar-refractivity contribution in [2.24, 2.45) is 0 Å². The van der Waals surface area contributed by atoms with Crippen LogP contribution in [0.25, 0.3) is 0 Å². The van der Waals surface area contributed by atoms with E-state index in [1.54, 1.807) is 18.3 Å². The number of hydrogen-bond acceptors (Lipinski definition) is 2.